The summed E-state index contributed by atoms with van der Waals surface area (Å²) in [7, 11) is -5.55. The highest BCUT2D eigenvalue weighted by Crippen LogP contribution is 2.44. The lowest BCUT2D eigenvalue weighted by Crippen LogP contribution is -2.62. The SMILES string of the molecule is NC1CC2CCC(C1)N2C(=O)[C@@H](N(OC(=O)C(F)(F)F)S(=O)(=O)c1cc2ccc(OC3CCCC3)cc2s1)C(F)(F)c1ccc(Br)cc1. The molecule has 0 spiro atoms. The Kier molecular flexibility index (Phi) is 9.56. The van der Waals surface area contributed by atoms with Gasteiger partial charge in [0, 0.05) is 32.9 Å². The molecule has 2 aromatic carbocycles. The Balaban J connectivity index is 1.47. The molecule has 3 atom stereocenters. The highest BCUT2D eigenvalue weighted by atomic mass is 79.9. The van der Waals surface area contributed by atoms with Crippen LogP contribution in [0, 0.1) is 0 Å². The second-order valence-corrected chi connectivity index (χ2v) is 16.3. The van der Waals surface area contributed by atoms with Crippen LogP contribution in [0.2, 0.25) is 0 Å². The third kappa shape index (κ3) is 6.80. The summed E-state index contributed by atoms with van der Waals surface area (Å²) in [5.74, 6) is -8.66. The lowest BCUT2D eigenvalue weighted by Gasteiger charge is -2.42. The first-order valence-electron chi connectivity index (χ1n) is 15.3. The van der Waals surface area contributed by atoms with Crippen molar-refractivity contribution in [3.8, 4) is 5.75 Å². The summed E-state index contributed by atoms with van der Waals surface area (Å²) < 4.78 is 108. The van der Waals surface area contributed by atoms with Gasteiger partial charge in [-0.3, -0.25) is 4.79 Å². The number of amides is 1. The van der Waals surface area contributed by atoms with Crippen molar-refractivity contribution in [2.75, 3.05) is 0 Å². The Morgan fingerprint density at radius 1 is 0.958 bits per heavy atom. The molecule has 1 aromatic heterocycles. The summed E-state index contributed by atoms with van der Waals surface area (Å²) in [4.78, 5) is 32.0. The average molecular weight is 781 g/mol. The summed E-state index contributed by atoms with van der Waals surface area (Å²) in [5.41, 5.74) is 5.21. The monoisotopic (exact) mass is 779 g/mol. The van der Waals surface area contributed by atoms with Crippen LogP contribution in [-0.2, 0) is 30.4 Å². The number of nitrogens with zero attached hydrogens (tertiary/aromatic N) is 2. The molecule has 3 heterocycles. The molecule has 260 valence electrons. The second kappa shape index (κ2) is 13.1. The van der Waals surface area contributed by atoms with Crippen molar-refractivity contribution in [1.29, 1.82) is 0 Å². The van der Waals surface area contributed by atoms with Crippen LogP contribution in [0.3, 0.4) is 0 Å². The molecule has 1 aliphatic carbocycles. The number of nitrogens with two attached hydrogens (primary N) is 1. The number of ether oxygens (including phenoxy) is 1. The fraction of sp³-hybridized carbons (Fsp3) is 0.484. The number of thiophene rings is 1. The Hall–Kier alpha value is -2.86. The quantitative estimate of drug-likeness (QED) is 0.191. The molecular formula is C31H31BrF5N3O6S2. The molecule has 3 aromatic rings. The van der Waals surface area contributed by atoms with Crippen LogP contribution >= 0.6 is 27.3 Å². The molecule has 2 unspecified atom stereocenters. The molecule has 9 nitrogen and oxygen atoms in total. The van der Waals surface area contributed by atoms with E-state index in [-0.39, 0.29) is 25.0 Å². The molecule has 6 rings (SSSR count). The molecule has 3 aliphatic rings. The summed E-state index contributed by atoms with van der Waals surface area (Å²) in [6.45, 7) is 0. The largest absolute Gasteiger partial charge is 0.492 e. The number of sulfonamides is 1. The van der Waals surface area contributed by atoms with Crippen molar-refractivity contribution in [3.63, 3.8) is 0 Å². The van der Waals surface area contributed by atoms with E-state index >= 15 is 8.78 Å². The van der Waals surface area contributed by atoms with Gasteiger partial charge in [0.2, 0.25) is 6.04 Å². The van der Waals surface area contributed by atoms with E-state index in [4.69, 9.17) is 10.5 Å². The predicted octanol–water partition coefficient (Wildman–Crippen LogP) is 6.64. The standard InChI is InChI=1S/C31H31BrF5N3O6S2/c32-19-8-6-18(7-9-19)30(33,34)27(28(41)39-21-10-11-22(39)15-20(38)14-21)40(46-29(42)31(35,36)37)48(43,44)26-13-17-5-12-24(16-25(17)47-26)45-23-3-1-2-4-23/h5-9,12-13,16,20-23,27H,1-4,10-11,14-15,38H2/t20?,21?,22?,27-/m1/s1. The van der Waals surface area contributed by atoms with E-state index < -0.39 is 66.4 Å². The minimum absolute atomic E-state index is 0.0323. The highest BCUT2D eigenvalue weighted by molar-refractivity contribution is 9.10. The fourth-order valence-electron chi connectivity index (χ4n) is 6.78. The van der Waals surface area contributed by atoms with Crippen LogP contribution in [0.15, 0.2) is 57.2 Å². The number of alkyl halides is 5. The predicted molar refractivity (Wildman–Crippen MR) is 169 cm³/mol. The molecule has 48 heavy (non-hydrogen) atoms. The van der Waals surface area contributed by atoms with Crippen LogP contribution < -0.4 is 10.5 Å². The van der Waals surface area contributed by atoms with Gasteiger partial charge in [-0.05, 0) is 97.6 Å². The first kappa shape index (κ1) is 35.0. The average Bonchev–Trinajstić information content (AvgIpc) is 3.74. The summed E-state index contributed by atoms with van der Waals surface area (Å²) >= 11 is 3.67. The number of fused-ring (bicyclic) bond motifs is 3. The van der Waals surface area contributed by atoms with Crippen LogP contribution in [0.5, 0.6) is 5.75 Å². The summed E-state index contributed by atoms with van der Waals surface area (Å²) in [6.07, 6.45) is -0.968. The van der Waals surface area contributed by atoms with Gasteiger partial charge in [0.05, 0.1) is 6.10 Å². The van der Waals surface area contributed by atoms with E-state index in [1.165, 1.54) is 24.3 Å². The van der Waals surface area contributed by atoms with Crippen molar-refractivity contribution < 1.29 is 49.5 Å². The zero-order valence-electron chi connectivity index (χ0n) is 25.2. The topological polar surface area (TPSA) is 119 Å². The van der Waals surface area contributed by atoms with E-state index in [0.717, 1.165) is 48.8 Å². The first-order valence-corrected chi connectivity index (χ1v) is 18.4. The number of rotatable bonds is 9. The first-order chi connectivity index (χ1) is 22.6. The van der Waals surface area contributed by atoms with E-state index in [2.05, 4.69) is 20.8 Å². The molecule has 1 saturated carbocycles. The number of benzene rings is 2. The molecule has 0 radical (unpaired) electrons. The molecule has 2 bridgehead atoms. The molecule has 2 N–H and O–H groups in total. The maximum atomic E-state index is 16.7. The normalized spacial score (nSPS) is 22.8. The second-order valence-electron chi connectivity index (χ2n) is 12.3. The lowest BCUT2D eigenvalue weighted by molar-refractivity contribution is -0.240. The summed E-state index contributed by atoms with van der Waals surface area (Å²) in [6, 6.07) is 4.98. The number of piperidine rings is 1. The van der Waals surface area contributed by atoms with Crippen molar-refractivity contribution in [2.45, 2.75) is 97.9 Å². The van der Waals surface area contributed by atoms with Gasteiger partial charge in [0.15, 0.2) is 0 Å². The van der Waals surface area contributed by atoms with Crippen molar-refractivity contribution in [1.82, 2.24) is 9.37 Å². The fourth-order valence-corrected chi connectivity index (χ4v) is 9.89. The van der Waals surface area contributed by atoms with Gasteiger partial charge in [0.1, 0.15) is 9.96 Å². The van der Waals surface area contributed by atoms with E-state index in [0.29, 0.717) is 44.5 Å². The van der Waals surface area contributed by atoms with Gasteiger partial charge >= 0.3 is 18.1 Å². The third-order valence-electron chi connectivity index (χ3n) is 9.01. The molecule has 17 heteroatoms. The minimum atomic E-state index is -5.79. The maximum absolute atomic E-state index is 16.7. The lowest BCUT2D eigenvalue weighted by atomic mass is 9.94. The zero-order valence-corrected chi connectivity index (χ0v) is 28.4. The van der Waals surface area contributed by atoms with Gasteiger partial charge in [-0.1, -0.05) is 28.1 Å². The molecule has 3 fully saturated rings. The van der Waals surface area contributed by atoms with Crippen LogP contribution in [0.1, 0.15) is 56.9 Å². The Labute approximate surface area is 285 Å². The van der Waals surface area contributed by atoms with Crippen LogP contribution in [-0.4, -0.2) is 66.1 Å². The number of carbonyl (C=O) groups excluding carboxylic acids is 2. The maximum Gasteiger partial charge on any atom is 0.492 e. The number of hydrogen-bond acceptors (Lipinski definition) is 8. The summed E-state index contributed by atoms with van der Waals surface area (Å²) in [5, 5.41) is 0.310. The van der Waals surface area contributed by atoms with E-state index in [1.807, 2.05) is 0 Å². The smallest absolute Gasteiger partial charge is 0.490 e. The Bertz CT molecular complexity index is 1790. The van der Waals surface area contributed by atoms with Gasteiger partial charge in [-0.25, -0.2) is 13.2 Å². The highest BCUT2D eigenvalue weighted by Gasteiger charge is 2.60. The third-order valence-corrected chi connectivity index (χ3v) is 12.7. The number of hydroxylamine groups is 1. The van der Waals surface area contributed by atoms with E-state index in [1.54, 1.807) is 6.07 Å². The number of carbonyl (C=O) groups is 2. The zero-order chi connectivity index (χ0) is 34.6. The van der Waals surface area contributed by atoms with Crippen molar-refractivity contribution in [3.05, 3.63) is 58.6 Å². The van der Waals surface area contributed by atoms with Gasteiger partial charge in [0.25, 0.3) is 15.9 Å². The van der Waals surface area contributed by atoms with Gasteiger partial charge < -0.3 is 20.2 Å². The van der Waals surface area contributed by atoms with E-state index in [9.17, 15) is 31.2 Å². The van der Waals surface area contributed by atoms with Crippen LogP contribution in [0.4, 0.5) is 22.0 Å². The van der Waals surface area contributed by atoms with Crippen LogP contribution in [0.25, 0.3) is 10.1 Å². The van der Waals surface area contributed by atoms with Gasteiger partial charge in [-0.15, -0.1) is 11.3 Å². The van der Waals surface area contributed by atoms with Crippen molar-refractivity contribution in [2.24, 2.45) is 5.73 Å². The Morgan fingerprint density at radius 2 is 1.58 bits per heavy atom. The molecular weight excluding hydrogens is 749 g/mol. The molecule has 2 aliphatic heterocycles. The minimum Gasteiger partial charge on any atom is -0.490 e. The number of halogens is 6. The Morgan fingerprint density at radius 3 is 2.19 bits per heavy atom. The van der Waals surface area contributed by atoms with Crippen molar-refractivity contribution >= 4 is 59.3 Å². The van der Waals surface area contributed by atoms with Gasteiger partial charge in [-0.2, -0.15) is 22.0 Å². The number of hydrogen-bond donors (Lipinski definition) is 1. The molecule has 1 amide bonds. The molecule has 2 saturated heterocycles.